The Balaban J connectivity index is 2.10. The summed E-state index contributed by atoms with van der Waals surface area (Å²) in [5.74, 6) is -0.116. The molecule has 1 aliphatic rings. The Morgan fingerprint density at radius 2 is 2.22 bits per heavy atom. The van der Waals surface area contributed by atoms with Crippen molar-refractivity contribution in [2.45, 2.75) is 26.3 Å². The summed E-state index contributed by atoms with van der Waals surface area (Å²) in [5.41, 5.74) is 0.856. The van der Waals surface area contributed by atoms with E-state index < -0.39 is 6.04 Å². The molecule has 8 nitrogen and oxygen atoms in total. The van der Waals surface area contributed by atoms with Crippen molar-refractivity contribution in [3.63, 3.8) is 0 Å². The summed E-state index contributed by atoms with van der Waals surface area (Å²) >= 11 is 0. The van der Waals surface area contributed by atoms with Crippen LogP contribution in [0.5, 0.6) is 0 Å². The molecule has 0 unspecified atom stereocenters. The first kappa shape index (κ1) is 15.1. The minimum atomic E-state index is -0.616. The molecule has 0 spiro atoms. The van der Waals surface area contributed by atoms with E-state index in [0.29, 0.717) is 17.1 Å². The predicted octanol–water partition coefficient (Wildman–Crippen LogP) is 1.22. The summed E-state index contributed by atoms with van der Waals surface area (Å²) in [5, 5.41) is 6.82. The molecule has 0 aromatic carbocycles. The molecule has 2 aromatic rings. The fraction of sp³-hybridized carbons (Fsp3) is 0.400. The highest BCUT2D eigenvalue weighted by atomic mass is 16.2. The molecule has 2 aromatic heterocycles. The monoisotopic (exact) mass is 314 g/mol. The fourth-order valence-electron chi connectivity index (χ4n) is 2.69. The molecule has 1 N–H and O–H groups in total. The second kappa shape index (κ2) is 5.79. The van der Waals surface area contributed by atoms with E-state index in [1.54, 1.807) is 17.9 Å². The van der Waals surface area contributed by atoms with Gasteiger partial charge < -0.3 is 5.32 Å². The SMILES string of the molecule is CC[C@H](C)[C@H]1C(=O)Nc2cncnc2N1C(=O)c1cnn(C)c1. The van der Waals surface area contributed by atoms with Crippen LogP contribution in [0, 0.1) is 5.92 Å². The van der Waals surface area contributed by atoms with Gasteiger partial charge in [-0.15, -0.1) is 0 Å². The van der Waals surface area contributed by atoms with Crippen LogP contribution in [0.3, 0.4) is 0 Å². The topological polar surface area (TPSA) is 93.0 Å². The van der Waals surface area contributed by atoms with E-state index in [1.165, 1.54) is 23.6 Å². The number of carbonyl (C=O) groups is 2. The highest BCUT2D eigenvalue weighted by Crippen LogP contribution is 2.33. The second-order valence-corrected chi connectivity index (χ2v) is 5.66. The van der Waals surface area contributed by atoms with Crippen molar-refractivity contribution in [3.05, 3.63) is 30.5 Å². The fourth-order valence-corrected chi connectivity index (χ4v) is 2.69. The molecule has 23 heavy (non-hydrogen) atoms. The Bertz CT molecular complexity index is 756. The van der Waals surface area contributed by atoms with Crippen LogP contribution < -0.4 is 10.2 Å². The molecule has 0 saturated heterocycles. The van der Waals surface area contributed by atoms with Crippen molar-refractivity contribution >= 4 is 23.3 Å². The molecule has 3 heterocycles. The molecule has 2 amide bonds. The number of rotatable bonds is 3. The lowest BCUT2D eigenvalue weighted by molar-refractivity contribution is -0.118. The first-order valence-corrected chi connectivity index (χ1v) is 7.46. The van der Waals surface area contributed by atoms with E-state index in [2.05, 4.69) is 20.4 Å². The summed E-state index contributed by atoms with van der Waals surface area (Å²) in [6, 6.07) is -0.616. The zero-order valence-electron chi connectivity index (χ0n) is 13.2. The summed E-state index contributed by atoms with van der Waals surface area (Å²) in [7, 11) is 1.74. The van der Waals surface area contributed by atoms with E-state index >= 15 is 0 Å². The second-order valence-electron chi connectivity index (χ2n) is 5.66. The molecule has 0 radical (unpaired) electrons. The quantitative estimate of drug-likeness (QED) is 0.919. The van der Waals surface area contributed by atoms with E-state index in [0.717, 1.165) is 6.42 Å². The molecule has 0 saturated carbocycles. The van der Waals surface area contributed by atoms with Crippen LogP contribution in [0.15, 0.2) is 24.9 Å². The van der Waals surface area contributed by atoms with Gasteiger partial charge in [-0.25, -0.2) is 9.97 Å². The third kappa shape index (κ3) is 2.56. The Morgan fingerprint density at radius 1 is 1.43 bits per heavy atom. The van der Waals surface area contributed by atoms with Gasteiger partial charge in [-0.2, -0.15) is 5.10 Å². The lowest BCUT2D eigenvalue weighted by atomic mass is 9.94. The van der Waals surface area contributed by atoms with Gasteiger partial charge in [0.15, 0.2) is 5.82 Å². The van der Waals surface area contributed by atoms with Crippen molar-refractivity contribution in [1.82, 2.24) is 19.7 Å². The number of nitrogens with zero attached hydrogens (tertiary/aromatic N) is 5. The van der Waals surface area contributed by atoms with Gasteiger partial charge >= 0.3 is 0 Å². The molecule has 1 aliphatic heterocycles. The Labute approximate surface area is 133 Å². The lowest BCUT2D eigenvalue weighted by Crippen LogP contribution is -2.54. The number of carbonyl (C=O) groups excluding carboxylic acids is 2. The van der Waals surface area contributed by atoms with Crippen LogP contribution >= 0.6 is 0 Å². The van der Waals surface area contributed by atoms with Crippen LogP contribution in [-0.4, -0.2) is 37.6 Å². The Hall–Kier alpha value is -2.77. The maximum atomic E-state index is 13.0. The lowest BCUT2D eigenvalue weighted by Gasteiger charge is -2.37. The molecule has 120 valence electrons. The maximum Gasteiger partial charge on any atom is 0.263 e. The van der Waals surface area contributed by atoms with Gasteiger partial charge in [-0.1, -0.05) is 20.3 Å². The number of nitrogens with one attached hydrogen (secondary N) is 1. The van der Waals surface area contributed by atoms with E-state index in [9.17, 15) is 9.59 Å². The Kier molecular flexibility index (Phi) is 3.81. The normalized spacial score (nSPS) is 18.3. The van der Waals surface area contributed by atoms with Gasteiger partial charge in [-0.3, -0.25) is 19.2 Å². The number of fused-ring (bicyclic) bond motifs is 1. The predicted molar refractivity (Wildman–Crippen MR) is 83.9 cm³/mol. The summed E-state index contributed by atoms with van der Waals surface area (Å²) < 4.78 is 1.55. The Morgan fingerprint density at radius 3 is 2.87 bits per heavy atom. The highest BCUT2D eigenvalue weighted by Gasteiger charge is 2.41. The third-order valence-corrected chi connectivity index (χ3v) is 4.08. The molecule has 0 fully saturated rings. The van der Waals surface area contributed by atoms with Gasteiger partial charge in [0.05, 0.1) is 18.0 Å². The van der Waals surface area contributed by atoms with Crippen LogP contribution in [0.2, 0.25) is 0 Å². The van der Waals surface area contributed by atoms with Crippen molar-refractivity contribution in [1.29, 1.82) is 0 Å². The van der Waals surface area contributed by atoms with E-state index in [1.807, 2.05) is 13.8 Å². The molecule has 0 aliphatic carbocycles. The third-order valence-electron chi connectivity index (χ3n) is 4.08. The number of aromatic nitrogens is 4. The molecular weight excluding hydrogens is 296 g/mol. The minimum Gasteiger partial charge on any atom is -0.320 e. The van der Waals surface area contributed by atoms with Crippen LogP contribution in [0.1, 0.15) is 30.6 Å². The van der Waals surface area contributed by atoms with Crippen molar-refractivity contribution in [2.24, 2.45) is 13.0 Å². The van der Waals surface area contributed by atoms with Gasteiger partial charge in [0.25, 0.3) is 5.91 Å². The standard InChI is InChI=1S/C15H18N6O2/c1-4-9(2)12-14(22)19-11-6-16-8-17-13(11)21(12)15(23)10-5-18-20(3)7-10/h5-9,12H,4H2,1-3H3,(H,19,22)/t9-,12-/m0/s1. The zero-order valence-corrected chi connectivity index (χ0v) is 13.2. The average molecular weight is 314 g/mol. The largest absolute Gasteiger partial charge is 0.320 e. The van der Waals surface area contributed by atoms with Gasteiger partial charge in [0.1, 0.15) is 18.1 Å². The summed E-state index contributed by atoms with van der Waals surface area (Å²) in [6.45, 7) is 3.93. The summed E-state index contributed by atoms with van der Waals surface area (Å²) in [6.07, 6.45) is 6.74. The molecule has 2 atom stereocenters. The van der Waals surface area contributed by atoms with Gasteiger partial charge in [-0.05, 0) is 5.92 Å². The smallest absolute Gasteiger partial charge is 0.263 e. The number of aryl methyl sites for hydroxylation is 1. The number of hydrogen-bond acceptors (Lipinski definition) is 5. The average Bonchev–Trinajstić information content (AvgIpc) is 2.98. The number of hydrogen-bond donors (Lipinski definition) is 1. The number of amides is 2. The molecule has 0 bridgehead atoms. The van der Waals surface area contributed by atoms with Crippen LogP contribution in [0.4, 0.5) is 11.5 Å². The van der Waals surface area contributed by atoms with Gasteiger partial charge in [0.2, 0.25) is 5.91 Å². The highest BCUT2D eigenvalue weighted by molar-refractivity contribution is 6.15. The molecule has 8 heteroatoms. The number of anilines is 2. The molecule has 3 rings (SSSR count). The molecular formula is C15H18N6O2. The maximum absolute atomic E-state index is 13.0. The van der Waals surface area contributed by atoms with Crippen LogP contribution in [0.25, 0.3) is 0 Å². The van der Waals surface area contributed by atoms with Crippen molar-refractivity contribution in [2.75, 3.05) is 10.2 Å². The van der Waals surface area contributed by atoms with Crippen LogP contribution in [-0.2, 0) is 11.8 Å². The van der Waals surface area contributed by atoms with E-state index in [4.69, 9.17) is 0 Å². The van der Waals surface area contributed by atoms with Gasteiger partial charge in [0, 0.05) is 13.2 Å². The first-order valence-electron chi connectivity index (χ1n) is 7.46. The summed E-state index contributed by atoms with van der Waals surface area (Å²) in [4.78, 5) is 35.1. The van der Waals surface area contributed by atoms with Crippen molar-refractivity contribution < 1.29 is 9.59 Å². The first-order chi connectivity index (χ1) is 11.0. The van der Waals surface area contributed by atoms with E-state index in [-0.39, 0.29) is 17.7 Å². The zero-order chi connectivity index (χ0) is 16.6. The van der Waals surface area contributed by atoms with Crippen molar-refractivity contribution in [3.8, 4) is 0 Å². The minimum absolute atomic E-state index is 0.0151.